The molecule has 0 spiro atoms. The number of ether oxygens (including phenoxy) is 3. The third kappa shape index (κ3) is 7.98. The third-order valence-electron chi connectivity index (χ3n) is 5.64. The van der Waals surface area contributed by atoms with E-state index in [4.69, 9.17) is 14.2 Å². The van der Waals surface area contributed by atoms with Crippen molar-refractivity contribution in [3.05, 3.63) is 66.2 Å². The smallest absolute Gasteiger partial charge is 0.265 e. The Morgan fingerprint density at radius 2 is 1.20 bits per heavy atom. The van der Waals surface area contributed by atoms with Crippen LogP contribution in [0.15, 0.2) is 64.4 Å². The van der Waals surface area contributed by atoms with E-state index in [1.165, 1.54) is 31.4 Å². The zero-order chi connectivity index (χ0) is 29.3. The Bertz CT molecular complexity index is 1530. The summed E-state index contributed by atoms with van der Waals surface area (Å²) in [5, 5.41) is 0. The molecule has 0 saturated carbocycles. The summed E-state index contributed by atoms with van der Waals surface area (Å²) in [6.07, 6.45) is 3.33. The number of nitrogens with one attached hydrogen (secondary N) is 2. The monoisotopic (exact) mass is 598 g/mol. The van der Waals surface area contributed by atoms with Crippen LogP contribution in [0.5, 0.6) is 17.2 Å². The van der Waals surface area contributed by atoms with Gasteiger partial charge in [-0.3, -0.25) is 9.44 Å². The minimum atomic E-state index is -4.53. The third-order valence-corrected chi connectivity index (χ3v) is 8.39. The van der Waals surface area contributed by atoms with Crippen LogP contribution in [0.2, 0.25) is 0 Å². The SMILES string of the molecule is CCCCOc1ccc(NS(=O)(=O)c2ccc(OC)c(S(=O)(=O)Nc3ccc(OCCCC)cc3F)c2)c(F)c1. The first-order chi connectivity index (χ1) is 19.0. The van der Waals surface area contributed by atoms with E-state index in [9.17, 15) is 25.6 Å². The van der Waals surface area contributed by atoms with E-state index in [2.05, 4.69) is 9.44 Å². The van der Waals surface area contributed by atoms with Gasteiger partial charge in [0.15, 0.2) is 11.6 Å². The van der Waals surface area contributed by atoms with Crippen LogP contribution in [0.25, 0.3) is 0 Å². The summed E-state index contributed by atoms with van der Waals surface area (Å²) in [6, 6.07) is 10.4. The molecule has 0 radical (unpaired) electrons. The molecule has 0 aliphatic rings. The maximum absolute atomic E-state index is 14.7. The van der Waals surface area contributed by atoms with Crippen LogP contribution in [0.1, 0.15) is 39.5 Å². The molecule has 0 amide bonds. The molecule has 0 saturated heterocycles. The molecule has 13 heteroatoms. The average molecular weight is 599 g/mol. The predicted octanol–water partition coefficient (Wildman–Crippen LogP) is 5.93. The van der Waals surface area contributed by atoms with Gasteiger partial charge < -0.3 is 14.2 Å². The number of halogens is 2. The van der Waals surface area contributed by atoms with Gasteiger partial charge in [-0.05, 0) is 55.3 Å². The van der Waals surface area contributed by atoms with Gasteiger partial charge in [-0.2, -0.15) is 0 Å². The highest BCUT2D eigenvalue weighted by atomic mass is 32.2. The second kappa shape index (κ2) is 13.7. The number of unbranched alkanes of at least 4 members (excludes halogenated alkanes) is 2. The fourth-order valence-electron chi connectivity index (χ4n) is 3.44. The molecular weight excluding hydrogens is 566 g/mol. The number of hydrogen-bond donors (Lipinski definition) is 2. The van der Waals surface area contributed by atoms with Crippen molar-refractivity contribution >= 4 is 31.4 Å². The number of hydrogen-bond acceptors (Lipinski definition) is 7. The lowest BCUT2D eigenvalue weighted by atomic mass is 10.3. The summed E-state index contributed by atoms with van der Waals surface area (Å²) >= 11 is 0. The van der Waals surface area contributed by atoms with Crippen molar-refractivity contribution in [2.45, 2.75) is 49.3 Å². The lowest BCUT2D eigenvalue weighted by Gasteiger charge is -2.15. The molecule has 0 aromatic heterocycles. The van der Waals surface area contributed by atoms with E-state index in [1.807, 2.05) is 13.8 Å². The molecule has 9 nitrogen and oxygen atoms in total. The average Bonchev–Trinajstić information content (AvgIpc) is 2.91. The van der Waals surface area contributed by atoms with Crippen LogP contribution in [-0.2, 0) is 20.0 Å². The quantitative estimate of drug-likeness (QED) is 0.208. The van der Waals surface area contributed by atoms with Gasteiger partial charge in [0.05, 0.1) is 36.6 Å². The minimum absolute atomic E-state index is 0.189. The van der Waals surface area contributed by atoms with Crippen molar-refractivity contribution < 1.29 is 39.8 Å². The molecule has 218 valence electrons. The van der Waals surface area contributed by atoms with Crippen molar-refractivity contribution in [1.82, 2.24) is 0 Å². The summed E-state index contributed by atoms with van der Waals surface area (Å²) in [7, 11) is -7.78. The topological polar surface area (TPSA) is 120 Å². The largest absolute Gasteiger partial charge is 0.495 e. The Kier molecular flexibility index (Phi) is 10.6. The van der Waals surface area contributed by atoms with Gasteiger partial charge in [-0.25, -0.2) is 25.6 Å². The number of methoxy groups -OCH3 is 1. The Balaban J connectivity index is 1.86. The molecule has 3 rings (SSSR count). The standard InChI is InChI=1S/C27H32F2N2O7S2/c1-4-6-14-37-19-8-11-24(22(28)16-19)30-39(32,33)21-10-13-26(36-3)27(18-21)40(34,35)31-25-12-9-20(17-23(25)29)38-15-7-5-2/h8-13,16-18,30-31H,4-7,14-15H2,1-3H3. The first-order valence-electron chi connectivity index (χ1n) is 12.6. The lowest BCUT2D eigenvalue weighted by molar-refractivity contribution is 0.308. The molecule has 40 heavy (non-hydrogen) atoms. The number of benzene rings is 3. The van der Waals surface area contributed by atoms with Crippen LogP contribution < -0.4 is 23.7 Å². The van der Waals surface area contributed by atoms with E-state index in [1.54, 1.807) is 0 Å². The Labute approximate surface area is 233 Å². The molecule has 2 N–H and O–H groups in total. The van der Waals surface area contributed by atoms with Crippen LogP contribution >= 0.6 is 0 Å². The highest BCUT2D eigenvalue weighted by Crippen LogP contribution is 2.31. The number of rotatable bonds is 15. The molecule has 0 fully saturated rings. The number of sulfonamides is 2. The van der Waals surface area contributed by atoms with E-state index in [0.29, 0.717) is 13.2 Å². The second-order valence-electron chi connectivity index (χ2n) is 8.71. The molecule has 3 aromatic carbocycles. The van der Waals surface area contributed by atoms with Gasteiger partial charge in [0, 0.05) is 12.1 Å². The van der Waals surface area contributed by atoms with E-state index in [0.717, 1.165) is 56.0 Å². The second-order valence-corrected chi connectivity index (χ2v) is 12.0. The van der Waals surface area contributed by atoms with Crippen molar-refractivity contribution in [3.63, 3.8) is 0 Å². The van der Waals surface area contributed by atoms with Crippen LogP contribution in [0.3, 0.4) is 0 Å². The van der Waals surface area contributed by atoms with Gasteiger partial charge in [0.2, 0.25) is 0 Å². The van der Waals surface area contributed by atoms with Crippen molar-refractivity contribution in [3.8, 4) is 17.2 Å². The molecule has 0 atom stereocenters. The first kappa shape index (κ1) is 31.0. The Morgan fingerprint density at radius 3 is 1.65 bits per heavy atom. The summed E-state index contributed by atoms with van der Waals surface area (Å²) in [5.41, 5.74) is -0.732. The molecule has 0 aliphatic heterocycles. The summed E-state index contributed by atoms with van der Waals surface area (Å²) in [4.78, 5) is -1.06. The number of anilines is 2. The molecule has 0 aliphatic carbocycles. The van der Waals surface area contributed by atoms with Crippen molar-refractivity contribution in [2.24, 2.45) is 0 Å². The van der Waals surface area contributed by atoms with Crippen molar-refractivity contribution in [2.75, 3.05) is 29.8 Å². The van der Waals surface area contributed by atoms with Crippen LogP contribution in [0.4, 0.5) is 20.2 Å². The van der Waals surface area contributed by atoms with Gasteiger partial charge in [-0.15, -0.1) is 0 Å². The predicted molar refractivity (Wildman–Crippen MR) is 148 cm³/mol. The summed E-state index contributed by atoms with van der Waals surface area (Å²) < 4.78 is 102. The molecule has 0 heterocycles. The maximum atomic E-state index is 14.7. The van der Waals surface area contributed by atoms with E-state index >= 15 is 0 Å². The van der Waals surface area contributed by atoms with Crippen LogP contribution in [-0.4, -0.2) is 37.2 Å². The van der Waals surface area contributed by atoms with Gasteiger partial charge >= 0.3 is 0 Å². The highest BCUT2D eigenvalue weighted by molar-refractivity contribution is 7.93. The Hall–Kier alpha value is -3.58. The maximum Gasteiger partial charge on any atom is 0.265 e. The van der Waals surface area contributed by atoms with E-state index < -0.39 is 41.5 Å². The zero-order valence-corrected chi connectivity index (χ0v) is 24.0. The summed E-state index contributed by atoms with van der Waals surface area (Å²) in [6.45, 7) is 4.73. The summed E-state index contributed by atoms with van der Waals surface area (Å²) in [5.74, 6) is -1.48. The van der Waals surface area contributed by atoms with Crippen LogP contribution in [0, 0.1) is 11.6 Å². The first-order valence-corrected chi connectivity index (χ1v) is 15.6. The fourth-order valence-corrected chi connectivity index (χ4v) is 5.87. The molecule has 3 aromatic rings. The van der Waals surface area contributed by atoms with Crippen molar-refractivity contribution in [1.29, 1.82) is 0 Å². The normalized spacial score (nSPS) is 11.6. The molecule has 0 unspecified atom stereocenters. The van der Waals surface area contributed by atoms with E-state index in [-0.39, 0.29) is 28.6 Å². The minimum Gasteiger partial charge on any atom is -0.495 e. The van der Waals surface area contributed by atoms with Gasteiger partial charge in [0.1, 0.15) is 22.1 Å². The fraction of sp³-hybridized carbons (Fsp3) is 0.333. The zero-order valence-electron chi connectivity index (χ0n) is 22.4. The molecular formula is C27H32F2N2O7S2. The highest BCUT2D eigenvalue weighted by Gasteiger charge is 2.26. The van der Waals surface area contributed by atoms with Gasteiger partial charge in [0.25, 0.3) is 20.0 Å². The Morgan fingerprint density at radius 1 is 0.700 bits per heavy atom. The lowest BCUT2D eigenvalue weighted by Crippen LogP contribution is -2.18. The van der Waals surface area contributed by atoms with Gasteiger partial charge in [-0.1, -0.05) is 26.7 Å². The molecule has 0 bridgehead atoms.